The molecule has 2 aromatic carbocycles. The summed E-state index contributed by atoms with van der Waals surface area (Å²) < 4.78 is 1.22. The van der Waals surface area contributed by atoms with Gasteiger partial charge in [-0.1, -0.05) is 144 Å². The van der Waals surface area contributed by atoms with E-state index in [0.29, 0.717) is 111 Å². The van der Waals surface area contributed by atoms with E-state index in [1.54, 1.807) is 78.1 Å². The third-order valence-corrected chi connectivity index (χ3v) is 23.1. The molecule has 1 aromatic heterocycles. The van der Waals surface area contributed by atoms with Crippen molar-refractivity contribution in [3.05, 3.63) is 71.9 Å². The van der Waals surface area contributed by atoms with Gasteiger partial charge in [-0.15, -0.1) is 0 Å². The van der Waals surface area contributed by atoms with Crippen LogP contribution < -0.4 is 128 Å². The Morgan fingerprint density at radius 2 is 0.701 bits per heavy atom. The Balaban J connectivity index is 0.0000449. The molecule has 25 N–H and O–H groups in total. The predicted octanol–water partition coefficient (Wildman–Crippen LogP) is -4.15. The summed E-state index contributed by atoms with van der Waals surface area (Å²) in [5.74, 6) is -12.9. The van der Waals surface area contributed by atoms with Crippen molar-refractivity contribution in [2.45, 2.75) is 309 Å². The Hall–Kier alpha value is -9.63. The number of unbranched alkanes of at least 4 members (excludes halogenated alkanes) is 5. The smallest absolute Gasteiger partial charge is 0.243 e. The van der Waals surface area contributed by atoms with E-state index >= 15 is 19.2 Å². The van der Waals surface area contributed by atoms with Crippen molar-refractivity contribution in [1.29, 1.82) is 0 Å². The van der Waals surface area contributed by atoms with Crippen molar-refractivity contribution in [2.75, 3.05) is 81.6 Å². The van der Waals surface area contributed by atoms with E-state index in [1.165, 1.54) is 6.92 Å². The lowest BCUT2D eigenvalue weighted by Gasteiger charge is -2.29. The molecule has 39 heteroatoms. The number of nitrogens with zero attached hydrogens (tertiary/aromatic N) is 2. The molecule has 37 nitrogen and oxygen atoms in total. The van der Waals surface area contributed by atoms with E-state index in [0.717, 1.165) is 23.0 Å². The molecule has 0 aliphatic heterocycles. The SMILES string of the molecule is CC[C@H](C)[C@H](NC(=O)[C@H](CCCCN)NC(=O)[C@H](CCCC[N+](C)(C)C)NC(=O)[C@H](Cc1ccccc1)NC(=O)[C@H](CC(C)C)NC(=O)[C@H](CCCC[N+](C)(C)C)NC(=O)[C@H](Cc1c[nH]c2ccccc12)NC(=O)[C@@H](N)CCCCN)C(=O)NCC(=O)N[C@@H](C)C(=O)N[C@H](C(=O)N[C@@H](CC(C)C)C(=O)N[C@@H](CCCCN)C(=O)N[C@H](C(=O)N[C@@H](CC(C)C)C(N)=O)C(C)C)C(C)C.[Cl-].[Cl-]. The number of carbonyl (C=O) groups is 15. The molecule has 0 saturated carbocycles. The molecule has 15 amide bonds. The quantitative estimate of drug-likeness (QED) is 0.0188. The first kappa shape index (κ1) is 122. The lowest BCUT2D eigenvalue weighted by Crippen LogP contribution is -3.00. The number of quaternary nitrogens is 2. The van der Waals surface area contributed by atoms with Crippen molar-refractivity contribution >= 4 is 99.5 Å². The van der Waals surface area contributed by atoms with E-state index in [4.69, 9.17) is 28.7 Å². The third-order valence-electron chi connectivity index (χ3n) is 23.1. The molecule has 0 aliphatic rings. The summed E-state index contributed by atoms with van der Waals surface area (Å²) in [6, 6.07) is -0.666. The van der Waals surface area contributed by atoms with Crippen LogP contribution in [0.4, 0.5) is 0 Å². The monoisotopic (exact) mass is 1930 g/mol. The largest absolute Gasteiger partial charge is 1.00 e. The van der Waals surface area contributed by atoms with Crippen LogP contribution in [0.3, 0.4) is 0 Å². The number of benzene rings is 2. The molecule has 760 valence electrons. The van der Waals surface area contributed by atoms with Gasteiger partial charge >= 0.3 is 0 Å². The number of rotatable bonds is 65. The molecule has 0 spiro atoms. The highest BCUT2D eigenvalue weighted by Crippen LogP contribution is 2.22. The zero-order valence-corrected chi connectivity index (χ0v) is 84.6. The van der Waals surface area contributed by atoms with Crippen LogP contribution in [-0.4, -0.2) is 269 Å². The summed E-state index contributed by atoms with van der Waals surface area (Å²) >= 11 is 0. The molecule has 3 rings (SSSR count). The van der Waals surface area contributed by atoms with Crippen LogP contribution in [0.15, 0.2) is 60.8 Å². The first-order valence-electron chi connectivity index (χ1n) is 47.6. The molecule has 15 atom stereocenters. The molecule has 1 heterocycles. The number of primary amides is 1. The maximum Gasteiger partial charge on any atom is 0.243 e. The van der Waals surface area contributed by atoms with Crippen molar-refractivity contribution in [3.63, 3.8) is 0 Å². The molecular formula is C95H166Cl2N22O15. The van der Waals surface area contributed by atoms with Gasteiger partial charge in [0, 0.05) is 29.9 Å². The van der Waals surface area contributed by atoms with Crippen molar-refractivity contribution in [1.82, 2.24) is 79.4 Å². The molecule has 0 saturated heterocycles. The zero-order valence-electron chi connectivity index (χ0n) is 83.1. The number of aromatic nitrogens is 1. The van der Waals surface area contributed by atoms with Crippen LogP contribution in [0.2, 0.25) is 0 Å². The number of carbonyl (C=O) groups excluding carboxylic acids is 15. The van der Waals surface area contributed by atoms with Crippen molar-refractivity contribution in [2.24, 2.45) is 64.2 Å². The first-order valence-corrected chi connectivity index (χ1v) is 47.6. The Morgan fingerprint density at radius 1 is 0.358 bits per heavy atom. The average molecular weight is 1930 g/mol. The highest BCUT2D eigenvalue weighted by molar-refractivity contribution is 6.01. The van der Waals surface area contributed by atoms with Crippen LogP contribution in [-0.2, 0) is 84.8 Å². The molecular weight excluding hydrogens is 1760 g/mol. The Kier molecular flexibility index (Phi) is 57.4. The lowest BCUT2D eigenvalue weighted by molar-refractivity contribution is -0.870. The van der Waals surface area contributed by atoms with Crippen molar-refractivity contribution in [3.8, 4) is 0 Å². The second-order valence-corrected chi connectivity index (χ2v) is 39.4. The summed E-state index contributed by atoms with van der Waals surface area (Å²) in [5, 5.41) is 39.9. The van der Waals surface area contributed by atoms with Gasteiger partial charge in [0.25, 0.3) is 0 Å². The minimum absolute atomic E-state index is 0. The highest BCUT2D eigenvalue weighted by Gasteiger charge is 2.40. The van der Waals surface area contributed by atoms with Gasteiger partial charge < -0.3 is 142 Å². The minimum Gasteiger partial charge on any atom is -1.00 e. The maximum absolute atomic E-state index is 15.3. The van der Waals surface area contributed by atoms with Crippen LogP contribution in [0.1, 0.15) is 223 Å². The fourth-order valence-corrected chi connectivity index (χ4v) is 15.1. The molecule has 134 heavy (non-hydrogen) atoms. The van der Waals surface area contributed by atoms with E-state index in [1.807, 2.05) is 108 Å². The summed E-state index contributed by atoms with van der Waals surface area (Å²) in [5.41, 5.74) is 31.7. The van der Waals surface area contributed by atoms with E-state index in [-0.39, 0.29) is 107 Å². The van der Waals surface area contributed by atoms with Crippen LogP contribution >= 0.6 is 0 Å². The fraction of sp³-hybridized carbons (Fsp3) is 0.695. The molecule has 0 bridgehead atoms. The predicted molar refractivity (Wildman–Crippen MR) is 513 cm³/mol. The van der Waals surface area contributed by atoms with E-state index < -0.39 is 197 Å². The van der Waals surface area contributed by atoms with Gasteiger partial charge in [-0.2, -0.15) is 0 Å². The van der Waals surface area contributed by atoms with Gasteiger partial charge in [0.05, 0.1) is 68.0 Å². The number of hydrogen-bond donors (Lipinski definition) is 20. The van der Waals surface area contributed by atoms with Crippen LogP contribution in [0.5, 0.6) is 0 Å². The number of hydrogen-bond acceptors (Lipinski definition) is 19. The Morgan fingerprint density at radius 3 is 1.12 bits per heavy atom. The zero-order chi connectivity index (χ0) is 99.3. The molecule has 3 aromatic rings. The standard InChI is InChI=1S/C95H164N22O15.2ClH/c1-20-62(12)81(93(130)102-56-78(118)103-63(13)83(120)113-79(60(8)9)95(132)112-75(52-59(6)7)89(126)107-71(41-27-32-46-97)87(124)114-80(61(10)11)94(131)108-73(82(100)119)50-57(2)3)115-88(125)72(42-28-33-47-98)104-85(122)69(43-29-34-48-116(14,15)16)105-91(128)76(53-64-36-22-21-23-37-64)111-90(127)74(51-58(4)5)110-86(123)70(44-30-35-49-117(17,18)19)106-92(129)77(109-84(121)67(99)39-26-31-45-96)54-65-55-101-68-40-25-24-38-66(65)68;;/h21-25,36-38,40,55,57-63,67,69-77,79-81,101H,20,26-35,39,41-54,56,96-99H2,1-19H3,(H14-2,100,102,103,104,105,106,107,108,109,110,111,112,113,114,115,118,119,120,121,122,123,124,125,126,127,128,129,130,131,132);2*1H/t62-,63-,67-,69-,70-,71-,72-,73-,74-,75-,76-,77-,79-,80-,81-;;/m0../s1. The number of aromatic amines is 1. The second-order valence-electron chi connectivity index (χ2n) is 39.4. The summed E-state index contributed by atoms with van der Waals surface area (Å²) in [6.45, 7) is 24.4. The van der Waals surface area contributed by atoms with Crippen molar-refractivity contribution < 1.29 is 106 Å². The van der Waals surface area contributed by atoms with Gasteiger partial charge in [-0.05, 0) is 188 Å². The van der Waals surface area contributed by atoms with Crippen LogP contribution in [0, 0.1) is 35.5 Å². The first-order chi connectivity index (χ1) is 62.0. The summed E-state index contributed by atoms with van der Waals surface area (Å²) in [6.07, 6.45) is 8.29. The molecule has 0 aliphatic carbocycles. The Bertz CT molecular complexity index is 4140. The molecule has 0 unspecified atom stereocenters. The van der Waals surface area contributed by atoms with Gasteiger partial charge in [0.15, 0.2) is 0 Å². The normalized spacial score (nSPS) is 15.0. The summed E-state index contributed by atoms with van der Waals surface area (Å²) in [7, 11) is 12.2. The van der Waals surface area contributed by atoms with Gasteiger partial charge in [-0.3, -0.25) is 71.9 Å². The van der Waals surface area contributed by atoms with Gasteiger partial charge in [0.1, 0.15) is 78.5 Å². The number of nitrogens with one attached hydrogen (secondary N) is 15. The fourth-order valence-electron chi connectivity index (χ4n) is 15.1. The number of H-pyrrole nitrogens is 1. The second kappa shape index (κ2) is 62.9. The average Bonchev–Trinajstić information content (AvgIpc) is 1.61. The molecule has 0 radical (unpaired) electrons. The third kappa shape index (κ3) is 46.7. The number of nitrogens with two attached hydrogens (primary N) is 5. The number of amides is 15. The van der Waals surface area contributed by atoms with E-state index in [2.05, 4.69) is 79.4 Å². The van der Waals surface area contributed by atoms with Gasteiger partial charge in [0.2, 0.25) is 88.6 Å². The minimum atomic E-state index is -1.37. The van der Waals surface area contributed by atoms with Gasteiger partial charge in [-0.25, -0.2) is 0 Å². The lowest BCUT2D eigenvalue weighted by atomic mass is 9.97. The topological polar surface area (TPSA) is 570 Å². The number of halogens is 2. The molecule has 0 fully saturated rings. The number of fused-ring (bicyclic) bond motifs is 1. The Labute approximate surface area is 807 Å². The maximum atomic E-state index is 15.3. The number of para-hydroxylation sites is 1. The van der Waals surface area contributed by atoms with E-state index in [9.17, 15) is 52.7 Å². The summed E-state index contributed by atoms with van der Waals surface area (Å²) in [4.78, 5) is 218. The van der Waals surface area contributed by atoms with Crippen LogP contribution in [0.25, 0.3) is 10.9 Å². The highest BCUT2D eigenvalue weighted by atomic mass is 35.5.